The second-order valence-electron chi connectivity index (χ2n) is 11.5. The SMILES string of the molecule is Nc1ncc(-c2ccc(C(=O)N3CCC(N4CCCC4)CC3)cc2)cc1OCc1ccc(S(=O)(=O)Nc2ccc(F)cc2)cc1. The number of nitrogen functional groups attached to an aromatic ring is 1. The van der Waals surface area contributed by atoms with Crippen LogP contribution in [0.25, 0.3) is 11.1 Å². The van der Waals surface area contributed by atoms with Crippen molar-refractivity contribution in [1.82, 2.24) is 14.8 Å². The molecule has 6 rings (SSSR count). The number of nitrogens with zero attached hydrogens (tertiary/aromatic N) is 3. The molecule has 234 valence electrons. The molecule has 9 nitrogen and oxygen atoms in total. The molecule has 0 saturated carbocycles. The fraction of sp³-hybridized carbons (Fsp3) is 0.294. The predicted octanol–water partition coefficient (Wildman–Crippen LogP) is 5.55. The van der Waals surface area contributed by atoms with Gasteiger partial charge in [-0.15, -0.1) is 0 Å². The molecule has 0 atom stereocenters. The van der Waals surface area contributed by atoms with Crippen molar-refractivity contribution in [2.75, 3.05) is 36.6 Å². The number of likely N-dealkylation sites (tertiary alicyclic amines) is 2. The van der Waals surface area contributed by atoms with Crippen LogP contribution in [-0.2, 0) is 16.6 Å². The summed E-state index contributed by atoms with van der Waals surface area (Å²) in [6.45, 7) is 4.09. The van der Waals surface area contributed by atoms with Crippen LogP contribution >= 0.6 is 0 Å². The highest BCUT2D eigenvalue weighted by atomic mass is 32.2. The Hall–Kier alpha value is -4.48. The summed E-state index contributed by atoms with van der Waals surface area (Å²) in [4.78, 5) is 22.1. The summed E-state index contributed by atoms with van der Waals surface area (Å²) in [6, 6.07) is 21.2. The van der Waals surface area contributed by atoms with Crippen LogP contribution in [0.3, 0.4) is 0 Å². The van der Waals surface area contributed by atoms with Gasteiger partial charge in [-0.25, -0.2) is 17.8 Å². The number of sulfonamides is 1. The number of aromatic nitrogens is 1. The van der Waals surface area contributed by atoms with Crippen molar-refractivity contribution < 1.29 is 22.3 Å². The van der Waals surface area contributed by atoms with Crippen molar-refractivity contribution in [1.29, 1.82) is 0 Å². The van der Waals surface area contributed by atoms with Gasteiger partial charge in [0, 0.05) is 42.1 Å². The van der Waals surface area contributed by atoms with E-state index in [1.165, 1.54) is 62.3 Å². The number of nitrogens with one attached hydrogen (secondary N) is 1. The first-order chi connectivity index (χ1) is 21.7. The number of carbonyl (C=O) groups excluding carboxylic acids is 1. The molecule has 3 heterocycles. The molecule has 4 aromatic rings. The maximum atomic E-state index is 13.2. The standard InChI is InChI=1S/C34H36FN5O4S/c35-28-9-11-29(12-10-28)38-45(42,43)31-13-3-24(4-14-31)23-44-32-21-27(22-37-33(32)36)25-5-7-26(8-6-25)34(41)40-19-15-30(16-20-40)39-17-1-2-18-39/h3-14,21-22,30,38H,1-2,15-20,23H2,(H2,36,37). The molecule has 1 amide bonds. The quantitative estimate of drug-likeness (QED) is 0.249. The first kappa shape index (κ1) is 30.5. The van der Waals surface area contributed by atoms with Crippen LogP contribution in [0.2, 0.25) is 0 Å². The van der Waals surface area contributed by atoms with E-state index in [1.807, 2.05) is 29.2 Å². The van der Waals surface area contributed by atoms with Crippen LogP contribution in [0.5, 0.6) is 5.75 Å². The highest BCUT2D eigenvalue weighted by molar-refractivity contribution is 7.92. The third kappa shape index (κ3) is 7.26. The first-order valence-corrected chi connectivity index (χ1v) is 16.6. The van der Waals surface area contributed by atoms with Crippen molar-refractivity contribution in [2.45, 2.75) is 43.2 Å². The van der Waals surface area contributed by atoms with Crippen molar-refractivity contribution in [3.63, 3.8) is 0 Å². The van der Waals surface area contributed by atoms with E-state index in [2.05, 4.69) is 14.6 Å². The zero-order valence-electron chi connectivity index (χ0n) is 24.9. The minimum atomic E-state index is -3.84. The Morgan fingerprint density at radius 1 is 0.911 bits per heavy atom. The second kappa shape index (κ2) is 13.3. The van der Waals surface area contributed by atoms with Crippen molar-refractivity contribution in [3.8, 4) is 16.9 Å². The Balaban J connectivity index is 1.05. The lowest BCUT2D eigenvalue weighted by Crippen LogP contribution is -2.45. The molecule has 11 heteroatoms. The van der Waals surface area contributed by atoms with Gasteiger partial charge in [-0.3, -0.25) is 9.52 Å². The van der Waals surface area contributed by atoms with Gasteiger partial charge in [0.25, 0.3) is 15.9 Å². The molecule has 2 saturated heterocycles. The van der Waals surface area contributed by atoms with Gasteiger partial charge in [0.05, 0.1) is 4.90 Å². The molecule has 45 heavy (non-hydrogen) atoms. The second-order valence-corrected chi connectivity index (χ2v) is 13.2. The molecular formula is C34H36FN5O4S. The Morgan fingerprint density at radius 2 is 1.58 bits per heavy atom. The van der Waals surface area contributed by atoms with Gasteiger partial charge < -0.3 is 20.3 Å². The van der Waals surface area contributed by atoms with E-state index in [4.69, 9.17) is 10.5 Å². The molecular weight excluding hydrogens is 593 g/mol. The molecule has 1 aromatic heterocycles. The van der Waals surface area contributed by atoms with Crippen LogP contribution in [0.15, 0.2) is 90.0 Å². The summed E-state index contributed by atoms with van der Waals surface area (Å²) in [5, 5.41) is 0. The number of ether oxygens (including phenoxy) is 1. The van der Waals surface area contributed by atoms with E-state index in [0.29, 0.717) is 17.4 Å². The number of halogens is 1. The molecule has 0 bridgehead atoms. The van der Waals surface area contributed by atoms with Crippen molar-refractivity contribution in [2.24, 2.45) is 0 Å². The molecule has 2 aliphatic rings. The monoisotopic (exact) mass is 629 g/mol. The van der Waals surface area contributed by atoms with E-state index in [0.717, 1.165) is 42.6 Å². The van der Waals surface area contributed by atoms with Crippen molar-refractivity contribution in [3.05, 3.63) is 102 Å². The number of pyridine rings is 1. The zero-order chi connectivity index (χ0) is 31.4. The maximum absolute atomic E-state index is 13.2. The van der Waals surface area contributed by atoms with Gasteiger partial charge >= 0.3 is 0 Å². The topological polar surface area (TPSA) is 118 Å². The number of hydrogen-bond acceptors (Lipinski definition) is 7. The Bertz CT molecular complexity index is 1740. The van der Waals surface area contributed by atoms with E-state index in [1.54, 1.807) is 24.4 Å². The maximum Gasteiger partial charge on any atom is 0.261 e. The van der Waals surface area contributed by atoms with Crippen molar-refractivity contribution >= 4 is 27.4 Å². The third-order valence-corrected chi connectivity index (χ3v) is 9.88. The Morgan fingerprint density at radius 3 is 2.24 bits per heavy atom. The summed E-state index contributed by atoms with van der Waals surface area (Å²) < 4.78 is 46.9. The van der Waals surface area contributed by atoms with E-state index in [-0.39, 0.29) is 28.9 Å². The number of anilines is 2. The van der Waals surface area contributed by atoms with Gasteiger partial charge in [0.15, 0.2) is 11.6 Å². The molecule has 0 spiro atoms. The van der Waals surface area contributed by atoms with Gasteiger partial charge in [-0.05, 0) is 104 Å². The minimum Gasteiger partial charge on any atom is -0.485 e. The zero-order valence-corrected chi connectivity index (χ0v) is 25.7. The number of amides is 1. The van der Waals surface area contributed by atoms with E-state index in [9.17, 15) is 17.6 Å². The smallest absolute Gasteiger partial charge is 0.261 e. The average molecular weight is 630 g/mol. The molecule has 0 unspecified atom stereocenters. The number of rotatable bonds is 9. The number of carbonyl (C=O) groups is 1. The van der Waals surface area contributed by atoms with Crippen LogP contribution in [0, 0.1) is 5.82 Å². The molecule has 2 aliphatic heterocycles. The van der Waals surface area contributed by atoms with Crippen LogP contribution in [0.4, 0.5) is 15.9 Å². The van der Waals surface area contributed by atoms with Gasteiger partial charge in [-0.1, -0.05) is 24.3 Å². The highest BCUT2D eigenvalue weighted by Crippen LogP contribution is 2.29. The number of benzene rings is 3. The average Bonchev–Trinajstić information content (AvgIpc) is 3.61. The number of nitrogens with two attached hydrogens (primary N) is 1. The number of hydrogen-bond donors (Lipinski definition) is 2. The summed E-state index contributed by atoms with van der Waals surface area (Å²) in [5.74, 6) is 0.228. The van der Waals surface area contributed by atoms with Gasteiger partial charge in [0.1, 0.15) is 12.4 Å². The molecule has 3 aromatic carbocycles. The highest BCUT2D eigenvalue weighted by Gasteiger charge is 2.28. The predicted molar refractivity (Wildman–Crippen MR) is 172 cm³/mol. The number of piperidine rings is 1. The third-order valence-electron chi connectivity index (χ3n) is 8.48. The minimum absolute atomic E-state index is 0.0610. The Labute approximate surface area is 262 Å². The van der Waals surface area contributed by atoms with Crippen LogP contribution < -0.4 is 15.2 Å². The molecule has 0 radical (unpaired) electrons. The van der Waals surface area contributed by atoms with Crippen LogP contribution in [-0.4, -0.2) is 61.3 Å². The lowest BCUT2D eigenvalue weighted by atomic mass is 10.0. The molecule has 0 aliphatic carbocycles. The summed E-state index contributed by atoms with van der Waals surface area (Å²) >= 11 is 0. The van der Waals surface area contributed by atoms with Gasteiger partial charge in [0.2, 0.25) is 0 Å². The first-order valence-electron chi connectivity index (χ1n) is 15.1. The molecule has 3 N–H and O–H groups in total. The lowest BCUT2D eigenvalue weighted by Gasteiger charge is -2.36. The van der Waals surface area contributed by atoms with E-state index < -0.39 is 15.8 Å². The Kier molecular flexibility index (Phi) is 8.99. The fourth-order valence-electron chi connectivity index (χ4n) is 5.92. The summed E-state index contributed by atoms with van der Waals surface area (Å²) in [5.41, 5.74) is 9.41. The van der Waals surface area contributed by atoms with Crippen LogP contribution in [0.1, 0.15) is 41.6 Å². The van der Waals surface area contributed by atoms with E-state index >= 15 is 0 Å². The summed E-state index contributed by atoms with van der Waals surface area (Å²) in [7, 11) is -3.84. The lowest BCUT2D eigenvalue weighted by molar-refractivity contribution is 0.0644. The normalized spacial score (nSPS) is 16.1. The van der Waals surface area contributed by atoms with Gasteiger partial charge in [-0.2, -0.15) is 0 Å². The fourth-order valence-corrected chi connectivity index (χ4v) is 6.97. The summed E-state index contributed by atoms with van der Waals surface area (Å²) in [6.07, 6.45) is 6.29. The molecule has 2 fully saturated rings. The largest absolute Gasteiger partial charge is 0.485 e.